The second kappa shape index (κ2) is 4.57. The molecular formula is C12H24F2N2. The highest BCUT2D eigenvalue weighted by Crippen LogP contribution is 2.30. The summed E-state index contributed by atoms with van der Waals surface area (Å²) in [4.78, 5) is 2.13. The van der Waals surface area contributed by atoms with Crippen molar-refractivity contribution in [3.05, 3.63) is 0 Å². The number of nitrogens with one attached hydrogen (secondary N) is 1. The van der Waals surface area contributed by atoms with Crippen molar-refractivity contribution in [2.75, 3.05) is 13.1 Å². The third-order valence-electron chi connectivity index (χ3n) is 3.22. The van der Waals surface area contributed by atoms with Crippen LogP contribution < -0.4 is 5.32 Å². The van der Waals surface area contributed by atoms with E-state index in [-0.39, 0.29) is 18.0 Å². The van der Waals surface area contributed by atoms with Gasteiger partial charge in [0.25, 0.3) is 5.92 Å². The van der Waals surface area contributed by atoms with Crippen molar-refractivity contribution >= 4 is 0 Å². The second-order valence-electron chi connectivity index (χ2n) is 5.93. The van der Waals surface area contributed by atoms with Gasteiger partial charge < -0.3 is 5.32 Å². The predicted octanol–water partition coefficient (Wildman–Crippen LogP) is 2.49. The lowest BCUT2D eigenvalue weighted by molar-refractivity contribution is -0.0344. The van der Waals surface area contributed by atoms with Crippen molar-refractivity contribution in [2.24, 2.45) is 0 Å². The molecule has 2 nitrogen and oxygen atoms in total. The molecule has 0 saturated carbocycles. The van der Waals surface area contributed by atoms with Gasteiger partial charge in [-0.2, -0.15) is 0 Å². The fourth-order valence-electron chi connectivity index (χ4n) is 2.39. The number of halogens is 2. The zero-order valence-corrected chi connectivity index (χ0v) is 11.0. The largest absolute Gasteiger partial charge is 0.307 e. The van der Waals surface area contributed by atoms with E-state index in [1.807, 2.05) is 0 Å². The Kier molecular flexibility index (Phi) is 3.95. The Bertz CT molecular complexity index is 234. The number of rotatable bonds is 3. The number of hydrogen-bond donors (Lipinski definition) is 1. The average molecular weight is 234 g/mol. The van der Waals surface area contributed by atoms with E-state index in [4.69, 9.17) is 0 Å². The van der Waals surface area contributed by atoms with Crippen molar-refractivity contribution in [3.8, 4) is 0 Å². The Morgan fingerprint density at radius 1 is 1.38 bits per heavy atom. The van der Waals surface area contributed by atoms with Crippen LogP contribution in [0.25, 0.3) is 0 Å². The molecule has 1 saturated heterocycles. The quantitative estimate of drug-likeness (QED) is 0.807. The summed E-state index contributed by atoms with van der Waals surface area (Å²) in [6.07, 6.45) is -0.0340. The van der Waals surface area contributed by atoms with E-state index in [1.165, 1.54) is 0 Å². The molecule has 1 aliphatic heterocycles. The molecule has 0 spiro atoms. The van der Waals surface area contributed by atoms with E-state index in [9.17, 15) is 8.78 Å². The lowest BCUT2D eigenvalue weighted by Crippen LogP contribution is -2.54. The fourth-order valence-corrected chi connectivity index (χ4v) is 2.39. The molecule has 0 bridgehead atoms. The summed E-state index contributed by atoms with van der Waals surface area (Å²) in [5.74, 6) is -2.56. The van der Waals surface area contributed by atoms with Crippen LogP contribution in [0.1, 0.15) is 41.0 Å². The van der Waals surface area contributed by atoms with Gasteiger partial charge in [-0.1, -0.05) is 0 Å². The molecule has 1 heterocycles. The lowest BCUT2D eigenvalue weighted by atomic mass is 10.0. The van der Waals surface area contributed by atoms with Crippen molar-refractivity contribution in [2.45, 2.75) is 64.6 Å². The predicted molar refractivity (Wildman–Crippen MR) is 62.9 cm³/mol. The average Bonchev–Trinajstić information content (AvgIpc) is 2.38. The molecule has 0 aromatic rings. The van der Waals surface area contributed by atoms with E-state index in [0.29, 0.717) is 13.1 Å². The third kappa shape index (κ3) is 3.14. The molecule has 0 amide bonds. The maximum Gasteiger partial charge on any atom is 0.265 e. The summed E-state index contributed by atoms with van der Waals surface area (Å²) in [5.41, 5.74) is -0.0749. The topological polar surface area (TPSA) is 15.3 Å². The smallest absolute Gasteiger partial charge is 0.265 e. The molecule has 0 radical (unpaired) electrons. The Hall–Kier alpha value is -0.220. The zero-order valence-electron chi connectivity index (χ0n) is 11.0. The Morgan fingerprint density at radius 3 is 2.25 bits per heavy atom. The van der Waals surface area contributed by atoms with Crippen LogP contribution in [-0.4, -0.2) is 41.5 Å². The number of alkyl halides is 2. The van der Waals surface area contributed by atoms with Gasteiger partial charge in [-0.05, 0) is 34.6 Å². The molecule has 1 unspecified atom stereocenters. The van der Waals surface area contributed by atoms with Crippen molar-refractivity contribution in [3.63, 3.8) is 0 Å². The van der Waals surface area contributed by atoms with E-state index < -0.39 is 12.0 Å². The Balaban J connectivity index is 2.70. The van der Waals surface area contributed by atoms with E-state index in [0.717, 1.165) is 0 Å². The standard InChI is InChI=1S/C12H24F2N2/c1-9(2)16(11(3,4)5)8-10-12(13,14)6-7-15-10/h9-10,15H,6-8H2,1-5H3. The van der Waals surface area contributed by atoms with Gasteiger partial charge in [0, 0.05) is 31.1 Å². The van der Waals surface area contributed by atoms with Gasteiger partial charge in [-0.3, -0.25) is 4.90 Å². The molecule has 16 heavy (non-hydrogen) atoms. The molecule has 0 aliphatic carbocycles. The van der Waals surface area contributed by atoms with Crippen LogP contribution >= 0.6 is 0 Å². The highest BCUT2D eigenvalue weighted by molar-refractivity contribution is 4.95. The second-order valence-corrected chi connectivity index (χ2v) is 5.93. The highest BCUT2D eigenvalue weighted by Gasteiger charge is 2.45. The Morgan fingerprint density at radius 2 is 1.94 bits per heavy atom. The molecule has 0 aromatic heterocycles. The minimum atomic E-state index is -2.56. The van der Waals surface area contributed by atoms with Crippen LogP contribution in [0.2, 0.25) is 0 Å². The minimum absolute atomic E-state index is 0.0340. The summed E-state index contributed by atoms with van der Waals surface area (Å²) in [5, 5.41) is 2.91. The van der Waals surface area contributed by atoms with Crippen LogP contribution in [0.4, 0.5) is 8.78 Å². The molecule has 96 valence electrons. The van der Waals surface area contributed by atoms with Gasteiger partial charge in [0.2, 0.25) is 0 Å². The molecule has 1 rings (SSSR count). The van der Waals surface area contributed by atoms with Crippen LogP contribution in [0.5, 0.6) is 0 Å². The minimum Gasteiger partial charge on any atom is -0.307 e. The molecule has 1 fully saturated rings. The zero-order chi connectivity index (χ0) is 12.6. The lowest BCUT2D eigenvalue weighted by Gasteiger charge is -2.41. The fraction of sp³-hybridized carbons (Fsp3) is 1.00. The molecule has 1 N–H and O–H groups in total. The number of hydrogen-bond acceptors (Lipinski definition) is 2. The molecule has 1 atom stereocenters. The van der Waals surface area contributed by atoms with Gasteiger partial charge in [-0.25, -0.2) is 8.78 Å². The van der Waals surface area contributed by atoms with Gasteiger partial charge in [0.1, 0.15) is 0 Å². The molecule has 0 aromatic carbocycles. The van der Waals surface area contributed by atoms with E-state index in [2.05, 4.69) is 44.8 Å². The van der Waals surface area contributed by atoms with Crippen molar-refractivity contribution in [1.29, 1.82) is 0 Å². The maximum atomic E-state index is 13.5. The van der Waals surface area contributed by atoms with Gasteiger partial charge in [0.15, 0.2) is 0 Å². The highest BCUT2D eigenvalue weighted by atomic mass is 19.3. The van der Waals surface area contributed by atoms with E-state index >= 15 is 0 Å². The van der Waals surface area contributed by atoms with Gasteiger partial charge >= 0.3 is 0 Å². The normalized spacial score (nSPS) is 25.7. The molecule has 4 heteroatoms. The first-order chi connectivity index (χ1) is 7.14. The summed E-state index contributed by atoms with van der Waals surface area (Å²) >= 11 is 0. The van der Waals surface area contributed by atoms with Crippen LogP contribution in [0.3, 0.4) is 0 Å². The monoisotopic (exact) mass is 234 g/mol. The van der Waals surface area contributed by atoms with E-state index in [1.54, 1.807) is 0 Å². The Labute approximate surface area is 97.4 Å². The van der Waals surface area contributed by atoms with Crippen LogP contribution in [-0.2, 0) is 0 Å². The first kappa shape index (κ1) is 13.8. The summed E-state index contributed by atoms with van der Waals surface area (Å²) in [6, 6.07) is -0.424. The van der Waals surface area contributed by atoms with Crippen LogP contribution in [0.15, 0.2) is 0 Å². The SMILES string of the molecule is CC(C)N(CC1NCCC1(F)F)C(C)(C)C. The summed E-state index contributed by atoms with van der Waals surface area (Å²) < 4.78 is 27.1. The summed E-state index contributed by atoms with van der Waals surface area (Å²) in [6.45, 7) is 11.2. The van der Waals surface area contributed by atoms with Gasteiger partial charge in [0.05, 0.1) is 6.04 Å². The first-order valence-corrected chi connectivity index (χ1v) is 6.02. The maximum absolute atomic E-state index is 13.5. The third-order valence-corrected chi connectivity index (χ3v) is 3.22. The molecular weight excluding hydrogens is 210 g/mol. The molecule has 1 aliphatic rings. The first-order valence-electron chi connectivity index (χ1n) is 6.02. The van der Waals surface area contributed by atoms with Crippen molar-refractivity contribution < 1.29 is 8.78 Å². The number of nitrogens with zero attached hydrogens (tertiary/aromatic N) is 1. The van der Waals surface area contributed by atoms with Gasteiger partial charge in [-0.15, -0.1) is 0 Å². The van der Waals surface area contributed by atoms with Crippen LogP contribution in [0, 0.1) is 0 Å². The van der Waals surface area contributed by atoms with Crippen molar-refractivity contribution in [1.82, 2.24) is 10.2 Å². The summed E-state index contributed by atoms with van der Waals surface area (Å²) in [7, 11) is 0.